The van der Waals surface area contributed by atoms with Gasteiger partial charge in [-0.25, -0.2) is 0 Å². The summed E-state index contributed by atoms with van der Waals surface area (Å²) in [6.07, 6.45) is 8.11. The summed E-state index contributed by atoms with van der Waals surface area (Å²) in [6.45, 7) is 2.41. The minimum absolute atomic E-state index is 0. The van der Waals surface area contributed by atoms with Gasteiger partial charge in [0.15, 0.2) is 5.82 Å². The van der Waals surface area contributed by atoms with Crippen molar-refractivity contribution in [2.24, 2.45) is 17.8 Å². The first-order chi connectivity index (χ1) is 10.3. The molecule has 1 saturated heterocycles. The van der Waals surface area contributed by atoms with Crippen molar-refractivity contribution in [3.63, 3.8) is 0 Å². The van der Waals surface area contributed by atoms with E-state index in [1.54, 1.807) is 0 Å². The highest BCUT2D eigenvalue weighted by atomic mass is 35.5. The lowest BCUT2D eigenvalue weighted by molar-refractivity contribution is -0.0103. The largest absolute Gasteiger partial charge is 0.366 e. The van der Waals surface area contributed by atoms with Crippen LogP contribution in [-0.4, -0.2) is 29.8 Å². The van der Waals surface area contributed by atoms with Crippen molar-refractivity contribution in [1.82, 2.24) is 15.5 Å². The van der Waals surface area contributed by atoms with Gasteiger partial charge in [-0.15, -0.1) is 12.4 Å². The van der Waals surface area contributed by atoms with Gasteiger partial charge in [-0.05, 0) is 56.3 Å². The van der Waals surface area contributed by atoms with Crippen LogP contribution in [0.25, 0.3) is 0 Å². The molecule has 4 aliphatic carbocycles. The highest BCUT2D eigenvalue weighted by Gasteiger charge is 2.54. The Kier molecular flexibility index (Phi) is 3.70. The van der Waals surface area contributed by atoms with Crippen molar-refractivity contribution in [3.8, 4) is 0 Å². The van der Waals surface area contributed by atoms with Crippen molar-refractivity contribution < 1.29 is 9.26 Å². The summed E-state index contributed by atoms with van der Waals surface area (Å²) in [5, 5.41) is 7.71. The maximum Gasteiger partial charge on any atom is 0.257 e. The molecule has 122 valence electrons. The van der Waals surface area contributed by atoms with E-state index in [1.165, 1.54) is 38.5 Å². The molecular formula is C16H24ClN3O2. The summed E-state index contributed by atoms with van der Waals surface area (Å²) >= 11 is 0. The van der Waals surface area contributed by atoms with Gasteiger partial charge in [0.1, 0.15) is 6.10 Å². The van der Waals surface area contributed by atoms with Gasteiger partial charge in [0, 0.05) is 18.5 Å². The van der Waals surface area contributed by atoms with Crippen molar-refractivity contribution in [2.75, 3.05) is 19.7 Å². The molecule has 5 fully saturated rings. The zero-order chi connectivity index (χ0) is 13.9. The van der Waals surface area contributed by atoms with Crippen LogP contribution in [0.15, 0.2) is 4.52 Å². The van der Waals surface area contributed by atoms with Gasteiger partial charge in [0.05, 0.1) is 6.61 Å². The summed E-state index contributed by atoms with van der Waals surface area (Å²) in [5.74, 6) is 4.38. The second-order valence-electron chi connectivity index (χ2n) is 7.72. The topological polar surface area (TPSA) is 60.2 Å². The number of ether oxygens (including phenoxy) is 1. The molecule has 0 amide bonds. The van der Waals surface area contributed by atoms with E-state index in [4.69, 9.17) is 14.2 Å². The fourth-order valence-electron chi connectivity index (χ4n) is 5.69. The molecule has 1 N–H and O–H groups in total. The zero-order valence-corrected chi connectivity index (χ0v) is 13.6. The number of rotatable bonds is 2. The van der Waals surface area contributed by atoms with Gasteiger partial charge in [0.25, 0.3) is 5.89 Å². The molecule has 1 atom stereocenters. The van der Waals surface area contributed by atoms with Gasteiger partial charge in [-0.1, -0.05) is 5.16 Å². The summed E-state index contributed by atoms with van der Waals surface area (Å²) < 4.78 is 11.3. The molecule has 0 unspecified atom stereocenters. The lowest BCUT2D eigenvalue weighted by Gasteiger charge is -2.55. The molecule has 5 aliphatic rings. The van der Waals surface area contributed by atoms with Crippen LogP contribution in [0.2, 0.25) is 0 Å². The Morgan fingerprint density at radius 2 is 1.73 bits per heavy atom. The lowest BCUT2D eigenvalue weighted by atomic mass is 9.49. The molecule has 5 nitrogen and oxygen atoms in total. The third-order valence-electron chi connectivity index (χ3n) is 6.16. The van der Waals surface area contributed by atoms with E-state index in [2.05, 4.69) is 10.5 Å². The molecule has 2 heterocycles. The maximum atomic E-state index is 5.74. The van der Waals surface area contributed by atoms with Crippen LogP contribution < -0.4 is 5.32 Å². The van der Waals surface area contributed by atoms with Crippen LogP contribution in [-0.2, 0) is 10.2 Å². The van der Waals surface area contributed by atoms with Crippen LogP contribution in [0, 0.1) is 17.8 Å². The number of hydrogen-bond acceptors (Lipinski definition) is 5. The Morgan fingerprint density at radius 3 is 2.32 bits per heavy atom. The van der Waals surface area contributed by atoms with Crippen LogP contribution >= 0.6 is 12.4 Å². The SMILES string of the molecule is C1CO[C@@H](c2nc(C34CC5CC(CC(C5)C3)C4)no2)CN1.Cl. The predicted molar refractivity (Wildman–Crippen MR) is 83.0 cm³/mol. The number of nitrogens with one attached hydrogen (secondary N) is 1. The number of nitrogens with zero attached hydrogens (tertiary/aromatic N) is 2. The Hall–Kier alpha value is -0.650. The molecule has 6 heteroatoms. The Labute approximate surface area is 137 Å². The number of halogens is 1. The standard InChI is InChI=1S/C16H23N3O2.ClH/c1-2-20-13(9-17-1)14-18-15(19-21-14)16-6-10-3-11(7-16)5-12(4-10)8-16;/h10-13,17H,1-9H2;1H/t10?,11?,12?,13-,16?;/m1./s1. The van der Waals surface area contributed by atoms with E-state index in [0.717, 1.165) is 43.3 Å². The molecule has 6 rings (SSSR count). The number of hydrogen-bond donors (Lipinski definition) is 1. The zero-order valence-electron chi connectivity index (χ0n) is 12.8. The Balaban J connectivity index is 0.00000125. The first-order valence-corrected chi connectivity index (χ1v) is 8.47. The van der Waals surface area contributed by atoms with Gasteiger partial charge in [0.2, 0.25) is 0 Å². The average Bonchev–Trinajstić information content (AvgIpc) is 2.97. The van der Waals surface area contributed by atoms with Crippen molar-refractivity contribution >= 4 is 12.4 Å². The van der Waals surface area contributed by atoms with Gasteiger partial charge in [-0.3, -0.25) is 0 Å². The molecular weight excluding hydrogens is 302 g/mol. The first-order valence-electron chi connectivity index (χ1n) is 8.47. The van der Waals surface area contributed by atoms with Gasteiger partial charge >= 0.3 is 0 Å². The van der Waals surface area contributed by atoms with Gasteiger partial charge in [-0.2, -0.15) is 4.98 Å². The fourth-order valence-corrected chi connectivity index (χ4v) is 5.69. The second-order valence-corrected chi connectivity index (χ2v) is 7.72. The van der Waals surface area contributed by atoms with Crippen molar-refractivity contribution in [1.29, 1.82) is 0 Å². The molecule has 4 saturated carbocycles. The maximum absolute atomic E-state index is 5.74. The molecule has 22 heavy (non-hydrogen) atoms. The van der Waals surface area contributed by atoms with E-state index in [-0.39, 0.29) is 23.9 Å². The smallest absolute Gasteiger partial charge is 0.257 e. The van der Waals surface area contributed by atoms with E-state index in [0.29, 0.717) is 5.89 Å². The Bertz CT molecular complexity index is 506. The van der Waals surface area contributed by atoms with Crippen LogP contribution in [0.5, 0.6) is 0 Å². The lowest BCUT2D eigenvalue weighted by Crippen LogP contribution is -2.49. The fraction of sp³-hybridized carbons (Fsp3) is 0.875. The average molecular weight is 326 g/mol. The van der Waals surface area contributed by atoms with Crippen LogP contribution in [0.1, 0.15) is 56.3 Å². The summed E-state index contributed by atoms with van der Waals surface area (Å²) in [4.78, 5) is 4.78. The summed E-state index contributed by atoms with van der Waals surface area (Å²) in [7, 11) is 0. The molecule has 4 bridgehead atoms. The second kappa shape index (κ2) is 5.46. The third-order valence-corrected chi connectivity index (χ3v) is 6.16. The molecule has 1 aliphatic heterocycles. The summed E-state index contributed by atoms with van der Waals surface area (Å²) in [5.41, 5.74) is 0.221. The van der Waals surface area contributed by atoms with E-state index in [9.17, 15) is 0 Å². The molecule has 0 radical (unpaired) electrons. The van der Waals surface area contributed by atoms with E-state index < -0.39 is 0 Å². The molecule has 0 aromatic carbocycles. The summed E-state index contributed by atoms with van der Waals surface area (Å²) in [6, 6.07) is 0. The van der Waals surface area contributed by atoms with Crippen LogP contribution in [0.4, 0.5) is 0 Å². The molecule has 0 spiro atoms. The minimum Gasteiger partial charge on any atom is -0.366 e. The predicted octanol–water partition coefficient (Wildman–Crippen LogP) is 2.62. The number of aromatic nitrogens is 2. The molecule has 1 aromatic rings. The monoisotopic (exact) mass is 325 g/mol. The van der Waals surface area contributed by atoms with Crippen molar-refractivity contribution in [2.45, 2.75) is 50.0 Å². The number of morpholine rings is 1. The van der Waals surface area contributed by atoms with E-state index in [1.807, 2.05) is 0 Å². The van der Waals surface area contributed by atoms with E-state index >= 15 is 0 Å². The quantitative estimate of drug-likeness (QED) is 0.905. The highest BCUT2D eigenvalue weighted by molar-refractivity contribution is 5.85. The van der Waals surface area contributed by atoms with Crippen LogP contribution in [0.3, 0.4) is 0 Å². The normalized spacial score (nSPS) is 43.1. The molecule has 1 aromatic heterocycles. The Morgan fingerprint density at radius 1 is 1.05 bits per heavy atom. The first kappa shape index (κ1) is 14.9. The van der Waals surface area contributed by atoms with Gasteiger partial charge < -0.3 is 14.6 Å². The highest BCUT2D eigenvalue weighted by Crippen LogP contribution is 2.60. The minimum atomic E-state index is -0.0612. The third kappa shape index (κ3) is 2.29. The van der Waals surface area contributed by atoms with Crippen molar-refractivity contribution in [3.05, 3.63) is 11.7 Å².